The fourth-order valence-electron chi connectivity index (χ4n) is 8.14. The lowest BCUT2D eigenvalue weighted by Gasteiger charge is -2.22. The summed E-state index contributed by atoms with van der Waals surface area (Å²) in [5, 5.41) is 9.58. The summed E-state index contributed by atoms with van der Waals surface area (Å²) in [5.74, 6) is 1.50. The second-order valence-corrected chi connectivity index (χ2v) is 17.9. The first kappa shape index (κ1) is 37.5. The van der Waals surface area contributed by atoms with Crippen LogP contribution in [0.2, 0.25) is 0 Å². The van der Waals surface area contributed by atoms with Gasteiger partial charge in [-0.3, -0.25) is 29.4 Å². The Kier molecular flexibility index (Phi) is 10.7. The van der Waals surface area contributed by atoms with Crippen LogP contribution in [0.15, 0.2) is 82.8 Å². The van der Waals surface area contributed by atoms with E-state index in [9.17, 15) is 19.3 Å². The zero-order valence-corrected chi connectivity index (χ0v) is 32.5. The molecule has 2 atom stereocenters. The largest absolute Gasteiger partial charge is 0.493 e. The number of para-hydroxylation sites is 2. The first-order valence-electron chi connectivity index (χ1n) is 19.1. The van der Waals surface area contributed by atoms with E-state index >= 15 is 0 Å². The minimum atomic E-state index is -2.69. The number of amides is 2. The number of aliphatic imine (C=N–C) groups is 2. The predicted octanol–water partition coefficient (Wildman–Crippen LogP) is 7.26. The van der Waals surface area contributed by atoms with E-state index in [4.69, 9.17) is 18.9 Å². The summed E-state index contributed by atoms with van der Waals surface area (Å²) < 4.78 is 37.8. The summed E-state index contributed by atoms with van der Waals surface area (Å²) in [6.45, 7) is 0.524. The molecule has 0 unspecified atom stereocenters. The Hall–Kier alpha value is -5.45. The van der Waals surface area contributed by atoms with E-state index in [1.807, 2.05) is 61.0 Å². The molecular formula is C43H45N4O8P. The number of ether oxygens (including phenoxy) is 4. The Balaban J connectivity index is 0.882. The van der Waals surface area contributed by atoms with Crippen LogP contribution in [0.4, 0.5) is 22.7 Å². The molecule has 4 heterocycles. The van der Waals surface area contributed by atoms with Gasteiger partial charge in [0.15, 0.2) is 23.0 Å². The number of aliphatic hydroxyl groups excluding tert-OH is 1. The van der Waals surface area contributed by atoms with Gasteiger partial charge in [-0.05, 0) is 54.7 Å². The molecule has 56 heavy (non-hydrogen) atoms. The second-order valence-electron chi connectivity index (χ2n) is 14.5. The molecule has 0 saturated carbocycles. The standard InChI is InChI=1S/C43H45N4O8P/c1-52-38-22-32-34(44-26-30-20-28-10-3-5-12-36(28)46(30)42(32)49)24-40(38)54-15-8-18-56(51,17-7-14-48)19-9-16-55-41-25-35-33(23-39(41)53-2)43(50)47-31(27-45-35)21-29-11-4-6-13-37(29)47/h3-6,10-13,22-27,30-31,48H,7-9,14-21H2,1-2H3/t30-,31-/m0/s1. The van der Waals surface area contributed by atoms with E-state index in [1.54, 1.807) is 34.1 Å². The van der Waals surface area contributed by atoms with Crippen molar-refractivity contribution >= 4 is 54.1 Å². The van der Waals surface area contributed by atoms with Crippen molar-refractivity contribution in [1.29, 1.82) is 0 Å². The minimum absolute atomic E-state index is 0.0398. The lowest BCUT2D eigenvalue weighted by molar-refractivity contribution is 0.0978. The van der Waals surface area contributed by atoms with E-state index in [0.29, 0.717) is 96.1 Å². The van der Waals surface area contributed by atoms with Gasteiger partial charge in [0.25, 0.3) is 11.8 Å². The van der Waals surface area contributed by atoms with Gasteiger partial charge in [0.1, 0.15) is 0 Å². The average molecular weight is 777 g/mol. The Labute approximate surface area is 326 Å². The SMILES string of the molecule is COc1cc2c(cc1OCCCP(=O)(CCCO)CCCOc1cc3c(cc1OC)C(=O)N1c4ccccc4C[C@H]1C=N3)N=C[C@@H]1Cc3ccccc3N1C2=O. The van der Waals surface area contributed by atoms with Crippen molar-refractivity contribution in [3.05, 3.63) is 95.1 Å². The fraction of sp³-hybridized carbons (Fsp3) is 0.349. The third-order valence-corrected chi connectivity index (χ3v) is 14.3. The van der Waals surface area contributed by atoms with Crippen molar-refractivity contribution in [2.75, 3.05) is 62.3 Å². The summed E-state index contributed by atoms with van der Waals surface area (Å²) in [6, 6.07) is 22.3. The van der Waals surface area contributed by atoms with Gasteiger partial charge < -0.3 is 28.6 Å². The number of carbonyl (C=O) groups is 2. The molecule has 290 valence electrons. The summed E-state index contributed by atoms with van der Waals surface area (Å²) in [7, 11) is 0.384. The van der Waals surface area contributed by atoms with Crippen LogP contribution in [-0.4, -0.2) is 94.0 Å². The first-order chi connectivity index (χ1) is 27.3. The lowest BCUT2D eigenvalue weighted by atomic mass is 10.1. The van der Waals surface area contributed by atoms with Crippen LogP contribution in [0.3, 0.4) is 0 Å². The highest BCUT2D eigenvalue weighted by Crippen LogP contribution is 2.48. The number of benzene rings is 4. The van der Waals surface area contributed by atoms with Gasteiger partial charge >= 0.3 is 0 Å². The highest BCUT2D eigenvalue weighted by Gasteiger charge is 2.38. The average Bonchev–Trinajstić information content (AvgIpc) is 3.71. The molecule has 0 aromatic heterocycles. The highest BCUT2D eigenvalue weighted by atomic mass is 31.2. The van der Waals surface area contributed by atoms with Crippen LogP contribution in [-0.2, 0) is 17.4 Å². The third kappa shape index (κ3) is 7.19. The van der Waals surface area contributed by atoms with Gasteiger partial charge in [-0.2, -0.15) is 0 Å². The number of hydrogen-bond acceptors (Lipinski definition) is 10. The van der Waals surface area contributed by atoms with Crippen molar-refractivity contribution in [3.63, 3.8) is 0 Å². The number of anilines is 2. The van der Waals surface area contributed by atoms with Crippen LogP contribution in [0.5, 0.6) is 23.0 Å². The molecule has 4 aromatic rings. The second kappa shape index (κ2) is 16.0. The lowest BCUT2D eigenvalue weighted by Crippen LogP contribution is -2.37. The quantitative estimate of drug-likeness (QED) is 0.0984. The molecule has 0 radical (unpaired) electrons. The number of carbonyl (C=O) groups excluding carboxylic acids is 2. The molecular weight excluding hydrogens is 731 g/mol. The molecule has 0 saturated heterocycles. The number of rotatable bonds is 15. The smallest absolute Gasteiger partial charge is 0.261 e. The van der Waals surface area contributed by atoms with Crippen molar-refractivity contribution in [1.82, 2.24) is 0 Å². The van der Waals surface area contributed by atoms with Crippen molar-refractivity contribution < 1.29 is 38.2 Å². The topological polar surface area (TPSA) is 140 Å². The maximum Gasteiger partial charge on any atom is 0.261 e. The Morgan fingerprint density at radius 1 is 0.661 bits per heavy atom. The van der Waals surface area contributed by atoms with Crippen molar-refractivity contribution in [2.24, 2.45) is 9.98 Å². The molecule has 2 amide bonds. The van der Waals surface area contributed by atoms with Gasteiger partial charge in [-0.15, -0.1) is 0 Å². The Morgan fingerprint density at radius 3 is 1.55 bits per heavy atom. The van der Waals surface area contributed by atoms with E-state index in [2.05, 4.69) is 9.98 Å². The molecule has 13 heteroatoms. The summed E-state index contributed by atoms with van der Waals surface area (Å²) in [6.07, 6.45) is 7.83. The Bertz CT molecular complexity index is 2120. The minimum Gasteiger partial charge on any atom is -0.493 e. The molecule has 4 aliphatic rings. The molecule has 4 aliphatic heterocycles. The number of hydrogen-bond donors (Lipinski definition) is 1. The molecule has 8 rings (SSSR count). The number of nitrogens with zero attached hydrogens (tertiary/aromatic N) is 4. The molecule has 0 spiro atoms. The third-order valence-electron chi connectivity index (χ3n) is 10.9. The summed E-state index contributed by atoms with van der Waals surface area (Å²) >= 11 is 0. The molecule has 1 N–H and O–H groups in total. The molecule has 0 fully saturated rings. The molecule has 4 aromatic carbocycles. The van der Waals surface area contributed by atoms with Crippen LogP contribution in [0.25, 0.3) is 0 Å². The van der Waals surface area contributed by atoms with Gasteiger partial charge in [-0.25, -0.2) is 0 Å². The fourth-order valence-corrected chi connectivity index (χ4v) is 10.9. The van der Waals surface area contributed by atoms with Crippen LogP contribution in [0, 0.1) is 0 Å². The Morgan fingerprint density at radius 2 is 1.11 bits per heavy atom. The van der Waals surface area contributed by atoms with Gasteiger partial charge in [-0.1, -0.05) is 36.4 Å². The molecule has 12 nitrogen and oxygen atoms in total. The van der Waals surface area contributed by atoms with Crippen LogP contribution < -0.4 is 28.7 Å². The van der Waals surface area contributed by atoms with E-state index < -0.39 is 7.14 Å². The predicted molar refractivity (Wildman–Crippen MR) is 218 cm³/mol. The van der Waals surface area contributed by atoms with E-state index in [0.717, 1.165) is 22.5 Å². The summed E-state index contributed by atoms with van der Waals surface area (Å²) in [4.78, 5) is 40.5. The number of methoxy groups -OCH3 is 2. The van der Waals surface area contributed by atoms with Crippen molar-refractivity contribution in [2.45, 2.75) is 44.2 Å². The number of fused-ring (bicyclic) bond motifs is 8. The monoisotopic (exact) mass is 776 g/mol. The van der Waals surface area contributed by atoms with Crippen LogP contribution in [0.1, 0.15) is 51.1 Å². The number of aliphatic hydroxyl groups is 1. The molecule has 0 aliphatic carbocycles. The van der Waals surface area contributed by atoms with E-state index in [-0.39, 0.29) is 43.7 Å². The zero-order chi connectivity index (χ0) is 38.8. The maximum absolute atomic E-state index is 14.1. The molecule has 0 bridgehead atoms. The van der Waals surface area contributed by atoms with Gasteiger partial charge in [0.05, 0.1) is 69.2 Å². The van der Waals surface area contributed by atoms with Crippen molar-refractivity contribution in [3.8, 4) is 23.0 Å². The normalized spacial score (nSPS) is 17.6. The maximum atomic E-state index is 14.1. The van der Waals surface area contributed by atoms with Gasteiger partial charge in [0, 0.05) is 73.9 Å². The van der Waals surface area contributed by atoms with E-state index in [1.165, 1.54) is 14.2 Å². The zero-order valence-electron chi connectivity index (χ0n) is 31.6. The first-order valence-corrected chi connectivity index (χ1v) is 21.4. The van der Waals surface area contributed by atoms with Gasteiger partial charge in [0.2, 0.25) is 0 Å². The highest BCUT2D eigenvalue weighted by molar-refractivity contribution is 7.63. The summed E-state index contributed by atoms with van der Waals surface area (Å²) in [5.41, 5.74) is 5.93. The van der Waals surface area contributed by atoms with Crippen LogP contribution >= 0.6 is 7.14 Å².